The number of aliphatic hydroxyl groups is 1. The first-order chi connectivity index (χ1) is 11.5. The first kappa shape index (κ1) is 17.9. The predicted molar refractivity (Wildman–Crippen MR) is 86.5 cm³/mol. The molecule has 1 aliphatic heterocycles. The molecule has 0 bridgehead atoms. The van der Waals surface area contributed by atoms with Crippen molar-refractivity contribution in [2.24, 2.45) is 0 Å². The van der Waals surface area contributed by atoms with Crippen LogP contribution in [0.3, 0.4) is 0 Å². The van der Waals surface area contributed by atoms with E-state index in [4.69, 9.17) is 9.84 Å². The fraction of sp³-hybridized carbons (Fsp3) is 0.438. The van der Waals surface area contributed by atoms with Crippen molar-refractivity contribution in [2.75, 3.05) is 38.2 Å². The second kappa shape index (κ2) is 8.42. The maximum absolute atomic E-state index is 12.6. The van der Waals surface area contributed by atoms with Gasteiger partial charge in [0.2, 0.25) is 0 Å². The van der Waals surface area contributed by atoms with Gasteiger partial charge in [0.1, 0.15) is 0 Å². The average molecular weight is 335 g/mol. The van der Waals surface area contributed by atoms with E-state index in [1.807, 2.05) is 0 Å². The number of rotatable bonds is 4. The normalized spacial score (nSPS) is 15.5. The molecule has 0 saturated carbocycles. The van der Waals surface area contributed by atoms with Crippen molar-refractivity contribution in [2.45, 2.75) is 13.0 Å². The van der Waals surface area contributed by atoms with Gasteiger partial charge in [-0.05, 0) is 19.1 Å². The fourth-order valence-corrected chi connectivity index (χ4v) is 2.22. The lowest BCUT2D eigenvalue weighted by atomic mass is 10.1. The van der Waals surface area contributed by atoms with Crippen molar-refractivity contribution in [1.82, 2.24) is 10.2 Å². The predicted octanol–water partition coefficient (Wildman–Crippen LogP) is -0.405. The van der Waals surface area contributed by atoms with E-state index >= 15 is 0 Å². The van der Waals surface area contributed by atoms with Crippen molar-refractivity contribution in [1.29, 1.82) is 0 Å². The second-order valence-electron chi connectivity index (χ2n) is 5.46. The Morgan fingerprint density at radius 1 is 1.21 bits per heavy atom. The number of morpholine rings is 1. The van der Waals surface area contributed by atoms with Crippen LogP contribution in [0.1, 0.15) is 17.3 Å². The molecule has 0 aliphatic carbocycles. The number of hydrogen-bond donors (Lipinski definition) is 3. The SMILES string of the molecule is C[C@H](O)CNC(=O)C(=O)Nc1ccccc1C(=O)N1CCOCC1. The summed E-state index contributed by atoms with van der Waals surface area (Å²) in [6.45, 7) is 3.38. The molecule has 24 heavy (non-hydrogen) atoms. The van der Waals surface area contributed by atoms with Gasteiger partial charge in [-0.2, -0.15) is 0 Å². The van der Waals surface area contributed by atoms with E-state index < -0.39 is 17.9 Å². The number of nitrogens with one attached hydrogen (secondary N) is 2. The molecule has 8 nitrogen and oxygen atoms in total. The molecular formula is C16H21N3O5. The van der Waals surface area contributed by atoms with Gasteiger partial charge in [0, 0.05) is 19.6 Å². The Kier molecular flexibility index (Phi) is 6.28. The Balaban J connectivity index is 2.06. The summed E-state index contributed by atoms with van der Waals surface area (Å²) in [5, 5.41) is 13.9. The maximum Gasteiger partial charge on any atom is 0.313 e. The van der Waals surface area contributed by atoms with Gasteiger partial charge in [0.15, 0.2) is 0 Å². The molecule has 1 saturated heterocycles. The second-order valence-corrected chi connectivity index (χ2v) is 5.46. The number of anilines is 1. The third kappa shape index (κ3) is 4.77. The minimum atomic E-state index is -0.891. The van der Waals surface area contributed by atoms with Crippen LogP contribution in [-0.2, 0) is 14.3 Å². The summed E-state index contributed by atoms with van der Waals surface area (Å²) >= 11 is 0. The molecule has 1 aromatic rings. The van der Waals surface area contributed by atoms with Crippen molar-refractivity contribution < 1.29 is 24.2 Å². The van der Waals surface area contributed by atoms with E-state index in [9.17, 15) is 14.4 Å². The number of ether oxygens (including phenoxy) is 1. The molecule has 8 heteroatoms. The minimum absolute atomic E-state index is 0.0272. The third-order valence-electron chi connectivity index (χ3n) is 3.47. The van der Waals surface area contributed by atoms with Crippen molar-refractivity contribution >= 4 is 23.4 Å². The zero-order valence-corrected chi connectivity index (χ0v) is 13.4. The quantitative estimate of drug-likeness (QED) is 0.649. The van der Waals surface area contributed by atoms with Crippen molar-refractivity contribution in [3.8, 4) is 0 Å². The number of amides is 3. The molecule has 0 aromatic heterocycles. The first-order valence-electron chi connectivity index (χ1n) is 7.72. The molecule has 3 amide bonds. The van der Waals surface area contributed by atoms with Gasteiger partial charge in [0.25, 0.3) is 5.91 Å². The van der Waals surface area contributed by atoms with E-state index in [2.05, 4.69) is 10.6 Å². The summed E-state index contributed by atoms with van der Waals surface area (Å²) in [4.78, 5) is 37.8. The highest BCUT2D eigenvalue weighted by Gasteiger charge is 2.22. The molecule has 1 aromatic carbocycles. The number of carbonyl (C=O) groups excluding carboxylic acids is 3. The zero-order valence-electron chi connectivity index (χ0n) is 13.4. The van der Waals surface area contributed by atoms with Crippen LogP contribution in [0.5, 0.6) is 0 Å². The topological polar surface area (TPSA) is 108 Å². The largest absolute Gasteiger partial charge is 0.392 e. The summed E-state index contributed by atoms with van der Waals surface area (Å²) in [6, 6.07) is 6.52. The highest BCUT2D eigenvalue weighted by molar-refractivity contribution is 6.40. The Labute approximate surface area is 139 Å². The van der Waals surface area contributed by atoms with Crippen molar-refractivity contribution in [3.05, 3.63) is 29.8 Å². The average Bonchev–Trinajstić information content (AvgIpc) is 2.60. The van der Waals surface area contributed by atoms with Gasteiger partial charge in [0.05, 0.1) is 30.6 Å². The molecule has 0 spiro atoms. The summed E-state index contributed by atoms with van der Waals surface area (Å²) in [5.41, 5.74) is 0.585. The number of hydrogen-bond acceptors (Lipinski definition) is 5. The van der Waals surface area contributed by atoms with E-state index in [1.165, 1.54) is 6.92 Å². The summed E-state index contributed by atoms with van der Waals surface area (Å²) in [7, 11) is 0. The third-order valence-corrected chi connectivity index (χ3v) is 3.47. The van der Waals surface area contributed by atoms with Crippen LogP contribution in [-0.4, -0.2) is 66.7 Å². The molecule has 3 N–H and O–H groups in total. The Bertz CT molecular complexity index is 611. The molecule has 1 heterocycles. The lowest BCUT2D eigenvalue weighted by molar-refractivity contribution is -0.136. The van der Waals surface area contributed by atoms with Crippen LogP contribution >= 0.6 is 0 Å². The van der Waals surface area contributed by atoms with Gasteiger partial charge in [-0.25, -0.2) is 0 Å². The number of nitrogens with zero attached hydrogens (tertiary/aromatic N) is 1. The standard InChI is InChI=1S/C16H21N3O5/c1-11(20)10-17-14(21)15(22)18-13-5-3-2-4-12(13)16(23)19-6-8-24-9-7-19/h2-5,11,20H,6-10H2,1H3,(H,17,21)(H,18,22)/t11-/m0/s1. The summed E-state index contributed by atoms with van der Waals surface area (Å²) in [6.07, 6.45) is -0.753. The molecule has 0 radical (unpaired) electrons. The highest BCUT2D eigenvalue weighted by Crippen LogP contribution is 2.18. The summed E-state index contributed by atoms with van der Waals surface area (Å²) < 4.78 is 5.22. The first-order valence-corrected chi connectivity index (χ1v) is 7.72. The van der Waals surface area contributed by atoms with Crippen LogP contribution in [0, 0.1) is 0 Å². The molecule has 1 aliphatic rings. The van der Waals surface area contributed by atoms with Gasteiger partial charge in [-0.1, -0.05) is 12.1 Å². The zero-order chi connectivity index (χ0) is 17.5. The monoisotopic (exact) mass is 335 g/mol. The van der Waals surface area contributed by atoms with E-state index in [1.54, 1.807) is 29.2 Å². The Morgan fingerprint density at radius 3 is 2.54 bits per heavy atom. The van der Waals surface area contributed by atoms with Gasteiger partial charge >= 0.3 is 11.8 Å². The van der Waals surface area contributed by atoms with Crippen LogP contribution in [0.15, 0.2) is 24.3 Å². The number of aliphatic hydroxyl groups excluding tert-OH is 1. The molecule has 130 valence electrons. The van der Waals surface area contributed by atoms with Gasteiger partial charge < -0.3 is 25.4 Å². The summed E-state index contributed by atoms with van der Waals surface area (Å²) in [5.74, 6) is -1.99. The van der Waals surface area contributed by atoms with Crippen molar-refractivity contribution in [3.63, 3.8) is 0 Å². The van der Waals surface area contributed by atoms with Crippen LogP contribution in [0.25, 0.3) is 0 Å². The molecule has 1 fully saturated rings. The van der Waals surface area contributed by atoms with Crippen LogP contribution in [0.4, 0.5) is 5.69 Å². The van der Waals surface area contributed by atoms with Gasteiger partial charge in [-0.15, -0.1) is 0 Å². The van der Waals surface area contributed by atoms with E-state index in [0.717, 1.165) is 0 Å². The van der Waals surface area contributed by atoms with Gasteiger partial charge in [-0.3, -0.25) is 14.4 Å². The Morgan fingerprint density at radius 2 is 1.88 bits per heavy atom. The highest BCUT2D eigenvalue weighted by atomic mass is 16.5. The van der Waals surface area contributed by atoms with Crippen LogP contribution in [0.2, 0.25) is 0 Å². The smallest absolute Gasteiger partial charge is 0.313 e. The van der Waals surface area contributed by atoms with E-state index in [-0.39, 0.29) is 18.1 Å². The lowest BCUT2D eigenvalue weighted by Gasteiger charge is -2.27. The minimum Gasteiger partial charge on any atom is -0.392 e. The maximum atomic E-state index is 12.6. The molecule has 2 rings (SSSR count). The van der Waals surface area contributed by atoms with Crippen LogP contribution < -0.4 is 10.6 Å². The molecule has 1 atom stereocenters. The fourth-order valence-electron chi connectivity index (χ4n) is 2.22. The van der Waals surface area contributed by atoms with E-state index in [0.29, 0.717) is 31.9 Å². The lowest BCUT2D eigenvalue weighted by Crippen LogP contribution is -2.41. The molecular weight excluding hydrogens is 314 g/mol. The number of benzene rings is 1. The Hall–Kier alpha value is -2.45. The number of para-hydroxylation sites is 1. The molecule has 0 unspecified atom stereocenters. The number of carbonyl (C=O) groups is 3.